The first kappa shape index (κ1) is 22.3. The van der Waals surface area contributed by atoms with E-state index in [0.29, 0.717) is 24.4 Å². The molecule has 10 nitrogen and oxygen atoms in total. The van der Waals surface area contributed by atoms with Gasteiger partial charge in [-0.3, -0.25) is 14.5 Å². The number of nitriles is 1. The number of carbonyl (C=O) groups is 2. The lowest BCUT2D eigenvalue weighted by Gasteiger charge is -2.38. The van der Waals surface area contributed by atoms with Crippen molar-refractivity contribution in [3.8, 4) is 6.07 Å². The number of hydrogen-bond acceptors (Lipinski definition) is 7. The molecule has 4 N–H and O–H groups in total. The summed E-state index contributed by atoms with van der Waals surface area (Å²) in [6.07, 6.45) is 2.32. The predicted octanol–water partition coefficient (Wildman–Crippen LogP) is -0.480. The minimum absolute atomic E-state index is 0.0188. The van der Waals surface area contributed by atoms with Crippen molar-refractivity contribution < 1.29 is 18.0 Å². The van der Waals surface area contributed by atoms with Crippen LogP contribution in [-0.4, -0.2) is 78.2 Å². The van der Waals surface area contributed by atoms with E-state index >= 15 is 0 Å². The second-order valence-corrected chi connectivity index (χ2v) is 11.3. The number of piperazine rings is 1. The molecule has 0 aromatic heterocycles. The van der Waals surface area contributed by atoms with E-state index < -0.39 is 22.1 Å². The van der Waals surface area contributed by atoms with Crippen molar-refractivity contribution in [3.63, 3.8) is 0 Å². The van der Waals surface area contributed by atoms with Gasteiger partial charge in [-0.1, -0.05) is 12.1 Å². The Labute approximate surface area is 193 Å². The first-order valence-electron chi connectivity index (χ1n) is 11.3. The fourth-order valence-electron chi connectivity index (χ4n) is 5.92. The number of primary sulfonamides is 1. The maximum Gasteiger partial charge on any atom is 0.242 e. The standard InChI is InChI=1S/C22H28N6O4S/c1-12(13-3-2-4-17(6-13)33(25,31)32)27-16-8-20(22(27)30)26(10-16)11-18(24)21(29)28-15(9-23)5-14-7-19(14)28/h2-4,6,12,14-16,18-20H,5,7-8,10-11,24H2,1H3,(H2,25,31,32)/t12-,14-,15+,16?,18+,19+,20-/m1/s1. The van der Waals surface area contributed by atoms with Crippen molar-refractivity contribution in [2.24, 2.45) is 16.8 Å². The Morgan fingerprint density at radius 3 is 2.73 bits per heavy atom. The molecule has 3 aliphatic heterocycles. The summed E-state index contributed by atoms with van der Waals surface area (Å²) in [7, 11) is -3.83. The first-order chi connectivity index (χ1) is 15.6. The van der Waals surface area contributed by atoms with Crippen LogP contribution in [0.3, 0.4) is 0 Å². The van der Waals surface area contributed by atoms with Gasteiger partial charge in [-0.2, -0.15) is 5.26 Å². The first-order valence-corrected chi connectivity index (χ1v) is 12.8. The zero-order valence-corrected chi connectivity index (χ0v) is 19.2. The number of carbonyl (C=O) groups excluding carboxylic acids is 2. The third-order valence-electron chi connectivity index (χ3n) is 7.66. The maximum absolute atomic E-state index is 13.2. The van der Waals surface area contributed by atoms with E-state index in [9.17, 15) is 23.3 Å². The number of benzene rings is 1. The number of sulfonamides is 1. The molecule has 2 amide bonds. The normalized spacial score (nSPS) is 32.5. The monoisotopic (exact) mass is 472 g/mol. The maximum atomic E-state index is 13.2. The zero-order valence-electron chi connectivity index (χ0n) is 18.4. The van der Waals surface area contributed by atoms with Gasteiger partial charge in [-0.15, -0.1) is 0 Å². The van der Waals surface area contributed by atoms with E-state index in [4.69, 9.17) is 10.9 Å². The Hall–Kier alpha value is -2.52. The summed E-state index contributed by atoms with van der Waals surface area (Å²) in [5.41, 5.74) is 6.96. The van der Waals surface area contributed by atoms with Crippen molar-refractivity contribution in [2.45, 2.75) is 67.3 Å². The lowest BCUT2D eigenvalue weighted by molar-refractivity contribution is -0.141. The van der Waals surface area contributed by atoms with Crippen LogP contribution in [0.25, 0.3) is 0 Å². The second-order valence-electron chi connectivity index (χ2n) is 9.69. The van der Waals surface area contributed by atoms with Crippen LogP contribution in [0.4, 0.5) is 0 Å². The van der Waals surface area contributed by atoms with Gasteiger partial charge in [-0.05, 0) is 49.8 Å². The molecule has 1 unspecified atom stereocenters. The largest absolute Gasteiger partial charge is 0.330 e. The molecule has 11 heteroatoms. The summed E-state index contributed by atoms with van der Waals surface area (Å²) in [5, 5.41) is 14.6. The number of nitrogens with zero attached hydrogens (tertiary/aromatic N) is 4. The number of likely N-dealkylation sites (tertiary alicyclic amines) is 3. The number of piperidine rings is 1. The molecular weight excluding hydrogens is 444 g/mol. The van der Waals surface area contributed by atoms with Crippen LogP contribution < -0.4 is 10.9 Å². The third-order valence-corrected chi connectivity index (χ3v) is 8.57. The molecule has 1 aromatic rings. The average molecular weight is 473 g/mol. The van der Waals surface area contributed by atoms with Crippen molar-refractivity contribution in [1.82, 2.24) is 14.7 Å². The summed E-state index contributed by atoms with van der Waals surface area (Å²) in [6, 6.07) is 6.86. The van der Waals surface area contributed by atoms with Gasteiger partial charge in [0.2, 0.25) is 21.8 Å². The highest BCUT2D eigenvalue weighted by Gasteiger charge is 2.56. The molecule has 0 radical (unpaired) electrons. The van der Waals surface area contributed by atoms with Crippen LogP contribution in [0.1, 0.15) is 37.8 Å². The number of rotatable bonds is 6. The quantitative estimate of drug-likeness (QED) is 0.567. The van der Waals surface area contributed by atoms with Gasteiger partial charge in [0, 0.05) is 25.2 Å². The van der Waals surface area contributed by atoms with Crippen LogP contribution in [0, 0.1) is 17.2 Å². The average Bonchev–Trinajstić information content (AvgIpc) is 3.11. The Bertz CT molecular complexity index is 1150. The molecular formula is C22H28N6O4S. The lowest BCUT2D eigenvalue weighted by Crippen LogP contribution is -2.57. The summed E-state index contributed by atoms with van der Waals surface area (Å²) in [5.74, 6) is 0.183. The van der Waals surface area contributed by atoms with E-state index in [1.54, 1.807) is 21.9 Å². The van der Waals surface area contributed by atoms with Crippen molar-refractivity contribution in [3.05, 3.63) is 29.8 Å². The lowest BCUT2D eigenvalue weighted by atomic mass is 10.1. The van der Waals surface area contributed by atoms with Crippen LogP contribution in [0.5, 0.6) is 0 Å². The van der Waals surface area contributed by atoms with Crippen LogP contribution in [0.2, 0.25) is 0 Å². The fourth-order valence-corrected chi connectivity index (χ4v) is 6.49. The third kappa shape index (κ3) is 3.71. The Morgan fingerprint density at radius 2 is 2.06 bits per heavy atom. The predicted molar refractivity (Wildman–Crippen MR) is 118 cm³/mol. The molecule has 1 saturated carbocycles. The summed E-state index contributed by atoms with van der Waals surface area (Å²) >= 11 is 0. The van der Waals surface area contributed by atoms with Gasteiger partial charge >= 0.3 is 0 Å². The highest BCUT2D eigenvalue weighted by atomic mass is 32.2. The van der Waals surface area contributed by atoms with Gasteiger partial charge in [0.1, 0.15) is 6.04 Å². The van der Waals surface area contributed by atoms with Crippen molar-refractivity contribution >= 4 is 21.8 Å². The SMILES string of the molecule is C[C@H](c1cccc(S(N)(=O)=O)c1)N1C(=O)[C@H]2CC1CN2C[C@H](N)C(=O)N1[C@H](C#N)C[C@@H]2C[C@@H]21. The van der Waals surface area contributed by atoms with Gasteiger partial charge in [-0.25, -0.2) is 13.6 Å². The molecule has 3 heterocycles. The molecule has 4 aliphatic rings. The molecule has 0 spiro atoms. The highest BCUT2D eigenvalue weighted by Crippen LogP contribution is 2.48. The van der Waals surface area contributed by atoms with Crippen molar-refractivity contribution in [2.75, 3.05) is 13.1 Å². The van der Waals surface area contributed by atoms with E-state index in [0.717, 1.165) is 12.8 Å². The van der Waals surface area contributed by atoms with Gasteiger partial charge < -0.3 is 15.5 Å². The Morgan fingerprint density at radius 1 is 1.30 bits per heavy atom. The minimum atomic E-state index is -3.83. The molecule has 1 aliphatic carbocycles. The summed E-state index contributed by atoms with van der Waals surface area (Å²) in [6.45, 7) is 2.76. The van der Waals surface area contributed by atoms with Crippen LogP contribution >= 0.6 is 0 Å². The second kappa shape index (κ2) is 7.77. The summed E-state index contributed by atoms with van der Waals surface area (Å²) < 4.78 is 23.4. The topological polar surface area (TPSA) is 154 Å². The smallest absolute Gasteiger partial charge is 0.242 e. The Balaban J connectivity index is 1.25. The molecule has 3 saturated heterocycles. The highest BCUT2D eigenvalue weighted by molar-refractivity contribution is 7.89. The number of nitrogens with two attached hydrogens (primary N) is 2. The van der Waals surface area contributed by atoms with Gasteiger partial charge in [0.25, 0.3) is 0 Å². The van der Waals surface area contributed by atoms with E-state index in [1.165, 1.54) is 12.1 Å². The van der Waals surface area contributed by atoms with Crippen LogP contribution in [-0.2, 0) is 19.6 Å². The number of hydrogen-bond donors (Lipinski definition) is 2. The fraction of sp³-hybridized carbons (Fsp3) is 0.591. The molecule has 7 atom stereocenters. The zero-order chi connectivity index (χ0) is 23.7. The van der Waals surface area contributed by atoms with E-state index in [2.05, 4.69) is 6.07 Å². The molecule has 2 bridgehead atoms. The number of amides is 2. The molecule has 5 rings (SSSR count). The van der Waals surface area contributed by atoms with Crippen LogP contribution in [0.15, 0.2) is 29.2 Å². The summed E-state index contributed by atoms with van der Waals surface area (Å²) in [4.78, 5) is 31.6. The molecule has 33 heavy (non-hydrogen) atoms. The van der Waals surface area contributed by atoms with Gasteiger partial charge in [0.05, 0.1) is 29.1 Å². The van der Waals surface area contributed by atoms with Crippen molar-refractivity contribution in [1.29, 1.82) is 5.26 Å². The number of fused-ring (bicyclic) bond motifs is 3. The Kier molecular flexibility index (Phi) is 5.25. The molecule has 176 valence electrons. The molecule has 4 fully saturated rings. The van der Waals surface area contributed by atoms with E-state index in [-0.39, 0.29) is 47.4 Å². The van der Waals surface area contributed by atoms with E-state index in [1.807, 2.05) is 11.8 Å². The van der Waals surface area contributed by atoms with Gasteiger partial charge in [0.15, 0.2) is 0 Å². The minimum Gasteiger partial charge on any atom is -0.330 e. The molecule has 1 aromatic carbocycles.